The van der Waals surface area contributed by atoms with Crippen molar-refractivity contribution in [2.75, 3.05) is 43.6 Å². The van der Waals surface area contributed by atoms with Crippen molar-refractivity contribution in [2.24, 2.45) is 5.10 Å². The second kappa shape index (κ2) is 12.3. The first-order chi connectivity index (χ1) is 16.4. The monoisotopic (exact) mass is 520 g/mol. The van der Waals surface area contributed by atoms with Gasteiger partial charge in [-0.3, -0.25) is 4.79 Å². The van der Waals surface area contributed by atoms with Crippen LogP contribution in [0.1, 0.15) is 33.3 Å². The van der Waals surface area contributed by atoms with E-state index < -0.39 is 20.9 Å². The van der Waals surface area contributed by atoms with E-state index in [-0.39, 0.29) is 10.7 Å². The van der Waals surface area contributed by atoms with Crippen molar-refractivity contribution in [3.8, 4) is 0 Å². The van der Waals surface area contributed by atoms with Gasteiger partial charge in [-0.25, -0.2) is 8.42 Å². The molecule has 1 amide bonds. The number of hydrogen-bond donors (Lipinski definition) is 1. The average Bonchev–Trinajstić information content (AvgIpc) is 3.08. The first-order valence-electron chi connectivity index (χ1n) is 11.4. The fraction of sp³-hybridized carbons (Fsp3) is 0.360. The molecule has 8 nitrogen and oxygen atoms in total. The van der Waals surface area contributed by atoms with Crippen LogP contribution >= 0.6 is 11.6 Å². The molecule has 1 aliphatic heterocycles. The third kappa shape index (κ3) is 7.38. The van der Waals surface area contributed by atoms with E-state index in [1.165, 1.54) is 25.7 Å². The molecule has 0 aliphatic carbocycles. The number of amides is 1. The average molecular weight is 521 g/mol. The van der Waals surface area contributed by atoms with Crippen LogP contribution in [0.2, 0.25) is 5.02 Å². The molecular weight excluding hydrogens is 488 g/mol. The van der Waals surface area contributed by atoms with Gasteiger partial charge in [-0.05, 0) is 69.7 Å². The molecule has 0 unspecified atom stereocenters. The maximum atomic E-state index is 12.9. The largest absolute Gasteiger partial charge is 0.744 e. The van der Waals surface area contributed by atoms with Crippen molar-refractivity contribution in [1.29, 1.82) is 0 Å². The molecule has 1 N–H and O–H groups in total. The number of nitrogens with one attached hydrogen (secondary N) is 1. The van der Waals surface area contributed by atoms with Gasteiger partial charge in [0.15, 0.2) is 0 Å². The van der Waals surface area contributed by atoms with Crippen LogP contribution in [0.4, 0.5) is 11.4 Å². The zero-order chi connectivity index (χ0) is 26.3. The summed E-state index contributed by atoms with van der Waals surface area (Å²) in [5.74, 6) is -0.462. The number of halogens is 1. The Bertz CT molecular complexity index is 1200. The van der Waals surface area contributed by atoms with Gasteiger partial charge in [0.2, 0.25) is 0 Å². The van der Waals surface area contributed by atoms with E-state index >= 15 is 0 Å². The molecule has 0 bridgehead atoms. The summed E-state index contributed by atoms with van der Waals surface area (Å²) in [5, 5.41) is 5.30. The number of carbonyl (C=O) groups is 1. The van der Waals surface area contributed by atoms with Crippen molar-refractivity contribution in [3.05, 3.63) is 58.6 Å². The van der Waals surface area contributed by atoms with Crippen LogP contribution in [0, 0.1) is 0 Å². The van der Waals surface area contributed by atoms with Crippen molar-refractivity contribution in [1.82, 2.24) is 0 Å². The number of hydrazone groups is 1. The number of hydrogen-bond acceptors (Lipinski definition) is 6. The zero-order valence-electron chi connectivity index (χ0n) is 21.0. The standard InChI is InChI=1S/C19H18ClN3O4S.C6H15N/c1-12-16(10-13-4-6-14(7-5-13)22(2)3)19(24)23(21-12)18-11-15(28(25,26)27)8-9-17(18)20;1-4-7(5-2)6-3/h4-11H,1-3H3,(H,25,26,27);4-6H2,1-3H3/b16-10+;. The zero-order valence-corrected chi connectivity index (χ0v) is 22.6. The van der Waals surface area contributed by atoms with Gasteiger partial charge in [0.25, 0.3) is 5.91 Å². The van der Waals surface area contributed by atoms with Crippen LogP contribution in [0.3, 0.4) is 0 Å². The molecule has 1 aliphatic rings. The van der Waals surface area contributed by atoms with E-state index in [0.29, 0.717) is 11.3 Å². The first-order valence-corrected chi connectivity index (χ1v) is 13.2. The maximum Gasteiger partial charge on any atom is 0.280 e. The van der Waals surface area contributed by atoms with Crippen LogP contribution in [0.5, 0.6) is 0 Å². The van der Waals surface area contributed by atoms with Crippen LogP contribution in [0.25, 0.3) is 6.08 Å². The van der Waals surface area contributed by atoms with Gasteiger partial charge in [-0.15, -0.1) is 0 Å². The lowest BCUT2D eigenvalue weighted by atomic mass is 10.1. The van der Waals surface area contributed by atoms with Gasteiger partial charge in [0.05, 0.1) is 46.5 Å². The highest BCUT2D eigenvalue weighted by Gasteiger charge is 2.30. The topological polar surface area (TPSA) is 97.5 Å². The summed E-state index contributed by atoms with van der Waals surface area (Å²) in [6.45, 7) is 12.2. The molecule has 10 heteroatoms. The minimum Gasteiger partial charge on any atom is -0.744 e. The molecule has 35 heavy (non-hydrogen) atoms. The number of benzene rings is 2. The lowest BCUT2D eigenvalue weighted by Crippen LogP contribution is -3.11. The molecule has 0 saturated carbocycles. The predicted octanol–water partition coefficient (Wildman–Crippen LogP) is 3.05. The smallest absolute Gasteiger partial charge is 0.280 e. The Morgan fingerprint density at radius 2 is 1.63 bits per heavy atom. The van der Waals surface area contributed by atoms with Crippen LogP contribution in [-0.2, 0) is 14.9 Å². The summed E-state index contributed by atoms with van der Waals surface area (Å²) >= 11 is 6.11. The number of carbonyl (C=O) groups excluding carboxylic acids is 1. The summed E-state index contributed by atoms with van der Waals surface area (Å²) in [6.07, 6.45) is 1.70. The molecule has 2 aromatic rings. The molecule has 0 radical (unpaired) electrons. The van der Waals surface area contributed by atoms with E-state index in [0.717, 1.165) is 28.4 Å². The normalized spacial score (nSPS) is 14.8. The van der Waals surface area contributed by atoms with Gasteiger partial charge in [-0.1, -0.05) is 23.7 Å². The Hall–Kier alpha value is -2.72. The van der Waals surface area contributed by atoms with Crippen molar-refractivity contribution >= 4 is 50.8 Å². The lowest BCUT2D eigenvalue weighted by molar-refractivity contribution is -0.894. The predicted molar refractivity (Wildman–Crippen MR) is 141 cm³/mol. The van der Waals surface area contributed by atoms with Crippen molar-refractivity contribution < 1.29 is 22.7 Å². The fourth-order valence-corrected chi connectivity index (χ4v) is 4.13. The number of rotatable bonds is 7. The Labute approximate surface area is 213 Å². The summed E-state index contributed by atoms with van der Waals surface area (Å²) in [5.41, 5.74) is 2.67. The van der Waals surface area contributed by atoms with E-state index in [4.69, 9.17) is 11.6 Å². The number of quaternary nitrogens is 1. The van der Waals surface area contributed by atoms with Crippen LogP contribution in [-0.4, -0.2) is 58.3 Å². The van der Waals surface area contributed by atoms with Gasteiger partial charge in [0, 0.05) is 19.8 Å². The Morgan fingerprint density at radius 1 is 1.06 bits per heavy atom. The second-order valence-electron chi connectivity index (χ2n) is 8.22. The molecule has 0 saturated heterocycles. The molecular formula is C25H33ClN4O4S. The molecule has 190 valence electrons. The van der Waals surface area contributed by atoms with E-state index in [9.17, 15) is 17.8 Å². The Kier molecular flexibility index (Phi) is 10.0. The highest BCUT2D eigenvalue weighted by Crippen LogP contribution is 2.33. The summed E-state index contributed by atoms with van der Waals surface area (Å²) in [7, 11) is -0.823. The van der Waals surface area contributed by atoms with E-state index in [1.54, 1.807) is 17.9 Å². The third-order valence-corrected chi connectivity index (χ3v) is 6.87. The molecule has 3 rings (SSSR count). The van der Waals surface area contributed by atoms with Gasteiger partial charge in [0.1, 0.15) is 10.1 Å². The third-order valence-electron chi connectivity index (χ3n) is 5.72. The van der Waals surface area contributed by atoms with Gasteiger partial charge in [-0.2, -0.15) is 10.1 Å². The van der Waals surface area contributed by atoms with Crippen LogP contribution in [0.15, 0.2) is 58.0 Å². The SMILES string of the molecule is CC1=NN(c2cc(S(=O)(=O)[O-])ccc2Cl)C(=O)/C1=C/c1ccc(N(C)C)cc1.CC[NH+](CC)CC. The highest BCUT2D eigenvalue weighted by atomic mass is 35.5. The van der Waals surface area contributed by atoms with E-state index in [1.807, 2.05) is 43.3 Å². The van der Waals surface area contributed by atoms with Gasteiger partial charge < -0.3 is 14.4 Å². The summed E-state index contributed by atoms with van der Waals surface area (Å²) < 4.78 is 33.9. The van der Waals surface area contributed by atoms with Crippen molar-refractivity contribution in [2.45, 2.75) is 32.6 Å². The fourth-order valence-electron chi connectivity index (χ4n) is 3.44. The Morgan fingerprint density at radius 3 is 2.09 bits per heavy atom. The number of nitrogens with zero attached hydrogens (tertiary/aromatic N) is 3. The minimum atomic E-state index is -4.69. The molecule has 2 aromatic carbocycles. The minimum absolute atomic E-state index is 0.0364. The second-order valence-corrected chi connectivity index (χ2v) is 10.0. The highest BCUT2D eigenvalue weighted by molar-refractivity contribution is 7.85. The van der Waals surface area contributed by atoms with Gasteiger partial charge >= 0.3 is 0 Å². The Balaban J connectivity index is 0.000000540. The summed E-state index contributed by atoms with van der Waals surface area (Å²) in [4.78, 5) is 16.0. The first kappa shape index (κ1) is 28.5. The summed E-state index contributed by atoms with van der Waals surface area (Å²) in [6, 6.07) is 11.0. The van der Waals surface area contributed by atoms with Crippen molar-refractivity contribution in [3.63, 3.8) is 0 Å². The molecule has 1 heterocycles. The molecule has 0 atom stereocenters. The molecule has 0 aromatic heterocycles. The molecule has 0 spiro atoms. The quantitative estimate of drug-likeness (QED) is 0.447. The van der Waals surface area contributed by atoms with Crippen LogP contribution < -0.4 is 14.8 Å². The number of anilines is 2. The molecule has 0 fully saturated rings. The van der Waals surface area contributed by atoms with E-state index in [2.05, 4.69) is 25.9 Å². The maximum absolute atomic E-state index is 12.9. The lowest BCUT2D eigenvalue weighted by Gasteiger charge is -2.16.